The van der Waals surface area contributed by atoms with E-state index in [9.17, 15) is 21.6 Å². The second kappa shape index (κ2) is 13.8. The van der Waals surface area contributed by atoms with Crippen LogP contribution in [0.15, 0.2) is 70.5 Å². The van der Waals surface area contributed by atoms with Gasteiger partial charge >= 0.3 is 0 Å². The number of carbonyl (C=O) groups excluding carboxylic acids is 1. The summed E-state index contributed by atoms with van der Waals surface area (Å²) in [5.74, 6) is -0.00725. The summed E-state index contributed by atoms with van der Waals surface area (Å²) in [5, 5.41) is 2.88. The highest BCUT2D eigenvalue weighted by Crippen LogP contribution is 2.37. The Bertz CT molecular complexity index is 1660. The summed E-state index contributed by atoms with van der Waals surface area (Å²) >= 11 is 6.22. The van der Waals surface area contributed by atoms with Crippen LogP contribution in [0.1, 0.15) is 25.7 Å². The number of benzene rings is 3. The highest BCUT2D eigenvalue weighted by atomic mass is 35.5. The van der Waals surface area contributed by atoms with Crippen molar-refractivity contribution in [2.75, 3.05) is 50.6 Å². The second-order valence-electron chi connectivity index (χ2n) is 9.74. The summed E-state index contributed by atoms with van der Waals surface area (Å²) < 4.78 is 72.5. The Hall–Kier alpha value is -3.52. The van der Waals surface area contributed by atoms with Gasteiger partial charge in [-0.25, -0.2) is 16.8 Å². The van der Waals surface area contributed by atoms with Gasteiger partial charge in [0.15, 0.2) is 11.5 Å². The van der Waals surface area contributed by atoms with Crippen LogP contribution < -0.4 is 23.8 Å². The molecule has 4 rings (SSSR count). The zero-order valence-corrected chi connectivity index (χ0v) is 26.5. The molecule has 1 fully saturated rings. The van der Waals surface area contributed by atoms with Gasteiger partial charge in [-0.3, -0.25) is 9.10 Å². The van der Waals surface area contributed by atoms with Crippen LogP contribution in [0.3, 0.4) is 0 Å². The molecule has 3 aromatic carbocycles. The van der Waals surface area contributed by atoms with Crippen molar-refractivity contribution in [1.82, 2.24) is 4.31 Å². The topological polar surface area (TPSA) is 132 Å². The number of amides is 1. The molecule has 11 nitrogen and oxygen atoms in total. The summed E-state index contributed by atoms with van der Waals surface area (Å²) in [6, 6.07) is 14.3. The predicted octanol–water partition coefficient (Wildman–Crippen LogP) is 4.76. The van der Waals surface area contributed by atoms with E-state index >= 15 is 0 Å². The van der Waals surface area contributed by atoms with Crippen LogP contribution in [-0.2, 0) is 24.8 Å². The molecule has 1 aliphatic heterocycles. The standard InChI is InChI=1S/C29H34ClN3O8S2/c1-39-26-14-8-21(30)18-25(26)33(43(37,38)24-13-15-27(40-2)28(19-24)41-3)20-29(34)31-22-9-11-23(12-10-22)42(35,36)32-16-6-4-5-7-17-32/h8-15,18-19H,4-7,16-17,20H2,1-3H3,(H,31,34). The molecule has 0 radical (unpaired) electrons. The minimum Gasteiger partial charge on any atom is -0.495 e. The lowest BCUT2D eigenvalue weighted by molar-refractivity contribution is -0.114. The third-order valence-corrected chi connectivity index (χ3v) is 10.9. The van der Waals surface area contributed by atoms with Crippen LogP contribution >= 0.6 is 11.6 Å². The molecule has 43 heavy (non-hydrogen) atoms. The summed E-state index contributed by atoms with van der Waals surface area (Å²) in [7, 11) is -3.87. The van der Waals surface area contributed by atoms with Crippen LogP contribution in [0.5, 0.6) is 17.2 Å². The molecule has 0 atom stereocenters. The number of nitrogens with zero attached hydrogens (tertiary/aromatic N) is 2. The highest BCUT2D eigenvalue weighted by Gasteiger charge is 2.31. The smallest absolute Gasteiger partial charge is 0.265 e. The molecule has 14 heteroatoms. The van der Waals surface area contributed by atoms with Gasteiger partial charge in [0.05, 0.1) is 36.8 Å². The fourth-order valence-corrected chi connectivity index (χ4v) is 7.86. The lowest BCUT2D eigenvalue weighted by atomic mass is 10.2. The Morgan fingerprint density at radius 3 is 1.98 bits per heavy atom. The number of rotatable bonds is 11. The zero-order valence-electron chi connectivity index (χ0n) is 24.1. The number of anilines is 2. The van der Waals surface area contributed by atoms with Crippen molar-refractivity contribution >= 4 is 48.9 Å². The van der Waals surface area contributed by atoms with E-state index in [1.165, 1.54) is 86.3 Å². The van der Waals surface area contributed by atoms with Crippen LogP contribution in [0.2, 0.25) is 5.02 Å². The minimum atomic E-state index is -4.38. The average Bonchev–Trinajstić information content (AvgIpc) is 3.30. The van der Waals surface area contributed by atoms with Crippen LogP contribution in [-0.4, -0.2) is 68.0 Å². The third kappa shape index (κ3) is 7.35. The number of methoxy groups -OCH3 is 3. The van der Waals surface area contributed by atoms with Gasteiger partial charge in [0.2, 0.25) is 15.9 Å². The lowest BCUT2D eigenvalue weighted by Crippen LogP contribution is -2.38. The molecule has 0 aromatic heterocycles. The normalized spacial score (nSPS) is 14.4. The molecule has 0 aliphatic carbocycles. The van der Waals surface area contributed by atoms with Gasteiger partial charge in [-0.15, -0.1) is 0 Å². The fourth-order valence-electron chi connectivity index (χ4n) is 4.73. The Morgan fingerprint density at radius 2 is 1.37 bits per heavy atom. The number of sulfonamides is 2. The average molecular weight is 652 g/mol. The summed E-state index contributed by atoms with van der Waals surface area (Å²) in [6.07, 6.45) is 3.62. The maximum Gasteiger partial charge on any atom is 0.265 e. The summed E-state index contributed by atoms with van der Waals surface area (Å²) in [6.45, 7) is 0.289. The van der Waals surface area contributed by atoms with E-state index in [0.717, 1.165) is 30.0 Å². The van der Waals surface area contributed by atoms with E-state index in [1.807, 2.05) is 0 Å². The number of nitrogens with one attached hydrogen (secondary N) is 1. The van der Waals surface area contributed by atoms with Crippen molar-refractivity contribution < 1.29 is 35.8 Å². The van der Waals surface area contributed by atoms with E-state index < -0.39 is 32.5 Å². The molecule has 1 aliphatic rings. The van der Waals surface area contributed by atoms with Crippen molar-refractivity contribution in [2.45, 2.75) is 35.5 Å². The van der Waals surface area contributed by atoms with Crippen molar-refractivity contribution in [3.05, 3.63) is 65.7 Å². The molecule has 0 unspecified atom stereocenters. The molecule has 1 amide bonds. The largest absolute Gasteiger partial charge is 0.495 e. The monoisotopic (exact) mass is 651 g/mol. The highest BCUT2D eigenvalue weighted by molar-refractivity contribution is 7.93. The number of hydrogen-bond donors (Lipinski definition) is 1. The van der Waals surface area contributed by atoms with Crippen LogP contribution in [0, 0.1) is 0 Å². The van der Waals surface area contributed by atoms with Crippen molar-refractivity contribution in [2.24, 2.45) is 0 Å². The maximum absolute atomic E-state index is 14.0. The molecule has 232 valence electrons. The van der Waals surface area contributed by atoms with Gasteiger partial charge in [-0.2, -0.15) is 4.31 Å². The second-order valence-corrected chi connectivity index (χ2v) is 14.0. The molecule has 0 spiro atoms. The molecule has 1 saturated heterocycles. The minimum absolute atomic E-state index is 0.0406. The third-order valence-electron chi connectivity index (χ3n) is 6.98. The predicted molar refractivity (Wildman–Crippen MR) is 164 cm³/mol. The van der Waals surface area contributed by atoms with Crippen molar-refractivity contribution in [3.63, 3.8) is 0 Å². The van der Waals surface area contributed by atoms with Gasteiger partial charge in [0, 0.05) is 29.9 Å². The van der Waals surface area contributed by atoms with Gasteiger partial charge in [0.1, 0.15) is 12.3 Å². The molecule has 0 bridgehead atoms. The SMILES string of the molecule is COc1ccc(S(=O)(=O)N(CC(=O)Nc2ccc(S(=O)(=O)N3CCCCCC3)cc2)c2cc(Cl)ccc2OC)cc1OC. The van der Waals surface area contributed by atoms with E-state index in [0.29, 0.717) is 24.5 Å². The van der Waals surface area contributed by atoms with Crippen LogP contribution in [0.25, 0.3) is 0 Å². The number of hydrogen-bond acceptors (Lipinski definition) is 8. The first-order valence-electron chi connectivity index (χ1n) is 13.5. The Morgan fingerprint density at radius 1 is 0.791 bits per heavy atom. The van der Waals surface area contributed by atoms with Crippen molar-refractivity contribution in [1.29, 1.82) is 0 Å². The Labute approximate surface area is 257 Å². The van der Waals surface area contributed by atoms with Gasteiger partial charge < -0.3 is 19.5 Å². The van der Waals surface area contributed by atoms with E-state index in [4.69, 9.17) is 25.8 Å². The lowest BCUT2D eigenvalue weighted by Gasteiger charge is -2.26. The molecular formula is C29H34ClN3O8S2. The van der Waals surface area contributed by atoms with Crippen LogP contribution in [0.4, 0.5) is 11.4 Å². The van der Waals surface area contributed by atoms with Gasteiger partial charge in [0.25, 0.3) is 10.0 Å². The first-order chi connectivity index (χ1) is 20.5. The number of carbonyl (C=O) groups is 1. The summed E-state index contributed by atoms with van der Waals surface area (Å²) in [4.78, 5) is 13.2. The first kappa shape index (κ1) is 32.4. The van der Waals surface area contributed by atoms with E-state index in [1.54, 1.807) is 0 Å². The Kier molecular flexibility index (Phi) is 10.4. The summed E-state index contributed by atoms with van der Waals surface area (Å²) in [5.41, 5.74) is 0.333. The molecule has 0 saturated carbocycles. The van der Waals surface area contributed by atoms with Gasteiger partial charge in [-0.1, -0.05) is 24.4 Å². The van der Waals surface area contributed by atoms with E-state index in [2.05, 4.69) is 5.32 Å². The van der Waals surface area contributed by atoms with Gasteiger partial charge in [-0.05, 0) is 67.4 Å². The first-order valence-corrected chi connectivity index (χ1v) is 16.8. The molecule has 3 aromatic rings. The molecule has 1 heterocycles. The fraction of sp³-hybridized carbons (Fsp3) is 0.345. The quantitative estimate of drug-likeness (QED) is 0.314. The Balaban J connectivity index is 1.62. The van der Waals surface area contributed by atoms with Crippen molar-refractivity contribution in [3.8, 4) is 17.2 Å². The van der Waals surface area contributed by atoms with E-state index in [-0.39, 0.29) is 32.0 Å². The molecular weight excluding hydrogens is 618 g/mol. The molecule has 1 N–H and O–H groups in total. The maximum atomic E-state index is 14.0. The number of ether oxygens (including phenoxy) is 3. The number of halogens is 1. The zero-order chi connectivity index (χ0) is 31.2.